The molecule has 3 heterocycles. The quantitative estimate of drug-likeness (QED) is 0.562. The van der Waals surface area contributed by atoms with E-state index >= 15 is 0 Å². The predicted octanol–water partition coefficient (Wildman–Crippen LogP) is 5.75. The van der Waals surface area contributed by atoms with Crippen molar-refractivity contribution < 1.29 is 0 Å². The molecule has 0 saturated carbocycles. The average Bonchev–Trinajstić information content (AvgIpc) is 3.13. The van der Waals surface area contributed by atoms with Crippen LogP contribution in [-0.4, -0.2) is 26.1 Å². The maximum Gasteiger partial charge on any atom is 0.183 e. The van der Waals surface area contributed by atoms with Crippen molar-refractivity contribution >= 4 is 22.1 Å². The summed E-state index contributed by atoms with van der Waals surface area (Å²) in [5.41, 5.74) is 6.45. The van der Waals surface area contributed by atoms with Crippen LogP contribution in [0.1, 0.15) is 69.1 Å². The number of imidazole rings is 1. The van der Waals surface area contributed by atoms with Gasteiger partial charge in [-0.2, -0.15) is 5.10 Å². The molecule has 6 heteroatoms. The molecule has 0 atom stereocenters. The average molecular weight is 386 g/mol. The standard InChI is InChI=1S/C21H31N5S/c1-8-16(9-2)17-10-13(5)25-26-18(14(6)23-20(17)26)19-15(7)24-21(27-19)22-11-12(3)4/h10,12,16H,8-9,11H2,1-7H3,(H,22,24). The molecule has 0 aliphatic heterocycles. The molecule has 0 unspecified atom stereocenters. The van der Waals surface area contributed by atoms with Crippen molar-refractivity contribution in [1.82, 2.24) is 19.6 Å². The summed E-state index contributed by atoms with van der Waals surface area (Å²) in [6.45, 7) is 16.0. The van der Waals surface area contributed by atoms with E-state index in [2.05, 4.69) is 59.8 Å². The number of nitrogens with one attached hydrogen (secondary N) is 1. The van der Waals surface area contributed by atoms with E-state index in [4.69, 9.17) is 15.1 Å². The molecule has 5 nitrogen and oxygen atoms in total. The van der Waals surface area contributed by atoms with Crippen molar-refractivity contribution in [2.75, 3.05) is 11.9 Å². The van der Waals surface area contributed by atoms with Crippen LogP contribution in [0, 0.1) is 26.7 Å². The number of rotatable bonds is 7. The number of anilines is 1. The SMILES string of the molecule is CCC(CC)c1cc(C)nn2c(-c3sc(NCC(C)C)nc3C)c(C)nc12. The van der Waals surface area contributed by atoms with Gasteiger partial charge >= 0.3 is 0 Å². The number of nitrogens with zero attached hydrogens (tertiary/aromatic N) is 4. The fourth-order valence-electron chi connectivity index (χ4n) is 3.55. The van der Waals surface area contributed by atoms with E-state index in [-0.39, 0.29) is 0 Å². The smallest absolute Gasteiger partial charge is 0.183 e. The van der Waals surface area contributed by atoms with E-state index in [0.717, 1.165) is 57.8 Å². The van der Waals surface area contributed by atoms with Crippen molar-refractivity contribution in [3.63, 3.8) is 0 Å². The highest BCUT2D eigenvalue weighted by atomic mass is 32.1. The van der Waals surface area contributed by atoms with Crippen molar-refractivity contribution in [3.05, 3.63) is 28.7 Å². The topological polar surface area (TPSA) is 55.1 Å². The van der Waals surface area contributed by atoms with E-state index in [1.165, 1.54) is 5.56 Å². The summed E-state index contributed by atoms with van der Waals surface area (Å²) in [7, 11) is 0. The number of thiazole rings is 1. The van der Waals surface area contributed by atoms with Crippen LogP contribution < -0.4 is 5.32 Å². The van der Waals surface area contributed by atoms with Gasteiger partial charge in [-0.1, -0.05) is 39.0 Å². The molecule has 146 valence electrons. The van der Waals surface area contributed by atoms with Gasteiger partial charge in [-0.3, -0.25) is 0 Å². The zero-order valence-electron chi connectivity index (χ0n) is 17.6. The number of fused-ring (bicyclic) bond motifs is 1. The Bertz CT molecular complexity index is 934. The summed E-state index contributed by atoms with van der Waals surface area (Å²) in [6.07, 6.45) is 2.22. The van der Waals surface area contributed by atoms with E-state index < -0.39 is 0 Å². The minimum Gasteiger partial charge on any atom is -0.361 e. The van der Waals surface area contributed by atoms with Gasteiger partial charge in [0.15, 0.2) is 10.8 Å². The van der Waals surface area contributed by atoms with E-state index in [0.29, 0.717) is 11.8 Å². The summed E-state index contributed by atoms with van der Waals surface area (Å²) in [6, 6.07) is 2.21. The molecule has 0 bridgehead atoms. The first-order valence-electron chi connectivity index (χ1n) is 9.94. The normalized spacial score (nSPS) is 11.9. The molecule has 3 aromatic heterocycles. The van der Waals surface area contributed by atoms with Crippen LogP contribution in [-0.2, 0) is 0 Å². The van der Waals surface area contributed by atoms with Crippen molar-refractivity contribution in [3.8, 4) is 10.6 Å². The summed E-state index contributed by atoms with van der Waals surface area (Å²) < 4.78 is 2.05. The Hall–Kier alpha value is -1.95. The maximum absolute atomic E-state index is 4.93. The minimum atomic E-state index is 0.509. The van der Waals surface area contributed by atoms with E-state index in [1.54, 1.807) is 11.3 Å². The van der Waals surface area contributed by atoms with Crippen LogP contribution in [0.2, 0.25) is 0 Å². The van der Waals surface area contributed by atoms with Gasteiger partial charge in [0.05, 0.1) is 22.0 Å². The molecule has 0 aromatic carbocycles. The van der Waals surface area contributed by atoms with Gasteiger partial charge in [0, 0.05) is 12.1 Å². The van der Waals surface area contributed by atoms with Crippen LogP contribution in [0.25, 0.3) is 16.2 Å². The first-order valence-corrected chi connectivity index (χ1v) is 10.8. The molecule has 1 N–H and O–H groups in total. The molecule has 0 saturated heterocycles. The predicted molar refractivity (Wildman–Crippen MR) is 115 cm³/mol. The molecule has 0 aliphatic rings. The lowest BCUT2D eigenvalue weighted by atomic mass is 9.95. The first kappa shape index (κ1) is 19.8. The largest absolute Gasteiger partial charge is 0.361 e. The third-order valence-corrected chi connectivity index (χ3v) is 6.13. The third-order valence-electron chi connectivity index (χ3n) is 5.01. The maximum atomic E-state index is 4.93. The van der Waals surface area contributed by atoms with Gasteiger partial charge in [-0.05, 0) is 51.5 Å². The number of aromatic nitrogens is 4. The number of aryl methyl sites for hydroxylation is 3. The second-order valence-electron chi connectivity index (χ2n) is 7.74. The zero-order valence-corrected chi connectivity index (χ0v) is 18.4. The summed E-state index contributed by atoms with van der Waals surface area (Å²) in [5, 5.41) is 9.24. The van der Waals surface area contributed by atoms with E-state index in [9.17, 15) is 0 Å². The lowest BCUT2D eigenvalue weighted by molar-refractivity contribution is 0.638. The molecular weight excluding hydrogens is 354 g/mol. The van der Waals surface area contributed by atoms with Gasteiger partial charge in [0.25, 0.3) is 0 Å². The van der Waals surface area contributed by atoms with Gasteiger partial charge < -0.3 is 5.32 Å². The van der Waals surface area contributed by atoms with Crippen LogP contribution in [0.4, 0.5) is 5.13 Å². The first-order chi connectivity index (χ1) is 12.8. The van der Waals surface area contributed by atoms with Crippen molar-refractivity contribution in [2.45, 2.75) is 67.2 Å². The Morgan fingerprint density at radius 1 is 1.07 bits per heavy atom. The van der Waals surface area contributed by atoms with Gasteiger partial charge in [0.2, 0.25) is 0 Å². The Balaban J connectivity index is 2.14. The van der Waals surface area contributed by atoms with Gasteiger partial charge in [0.1, 0.15) is 5.69 Å². The molecular formula is C21H31N5S. The Morgan fingerprint density at radius 2 is 1.78 bits per heavy atom. The summed E-state index contributed by atoms with van der Waals surface area (Å²) >= 11 is 1.70. The monoisotopic (exact) mass is 385 g/mol. The van der Waals surface area contributed by atoms with E-state index in [1.807, 2.05) is 4.52 Å². The lowest BCUT2D eigenvalue weighted by Crippen LogP contribution is -2.07. The molecule has 0 aliphatic carbocycles. The molecule has 3 rings (SSSR count). The van der Waals surface area contributed by atoms with Crippen molar-refractivity contribution in [1.29, 1.82) is 0 Å². The molecule has 3 aromatic rings. The molecule has 0 fully saturated rings. The number of hydrogen-bond donors (Lipinski definition) is 1. The molecule has 0 spiro atoms. The zero-order chi connectivity index (χ0) is 19.7. The summed E-state index contributed by atoms with van der Waals surface area (Å²) in [5.74, 6) is 1.09. The van der Waals surface area contributed by atoms with Gasteiger partial charge in [-0.25, -0.2) is 14.5 Å². The minimum absolute atomic E-state index is 0.509. The Labute approximate surface area is 166 Å². The Morgan fingerprint density at radius 3 is 2.41 bits per heavy atom. The molecule has 0 amide bonds. The fourth-order valence-corrected chi connectivity index (χ4v) is 4.61. The highest BCUT2D eigenvalue weighted by Gasteiger charge is 2.22. The summed E-state index contributed by atoms with van der Waals surface area (Å²) in [4.78, 5) is 10.8. The van der Waals surface area contributed by atoms with Crippen LogP contribution >= 0.6 is 11.3 Å². The van der Waals surface area contributed by atoms with Crippen LogP contribution in [0.15, 0.2) is 6.07 Å². The van der Waals surface area contributed by atoms with Crippen molar-refractivity contribution in [2.24, 2.45) is 5.92 Å². The fraction of sp³-hybridized carbons (Fsp3) is 0.571. The van der Waals surface area contributed by atoms with Crippen LogP contribution in [0.5, 0.6) is 0 Å². The van der Waals surface area contributed by atoms with Gasteiger partial charge in [-0.15, -0.1) is 0 Å². The second kappa shape index (κ2) is 7.97. The molecule has 27 heavy (non-hydrogen) atoms. The van der Waals surface area contributed by atoms with Crippen LogP contribution in [0.3, 0.4) is 0 Å². The number of hydrogen-bond acceptors (Lipinski definition) is 5. The lowest BCUT2D eigenvalue weighted by Gasteiger charge is -2.14. The Kier molecular flexibility index (Phi) is 5.84. The second-order valence-corrected chi connectivity index (χ2v) is 8.74. The highest BCUT2D eigenvalue weighted by Crippen LogP contribution is 2.37. The third kappa shape index (κ3) is 3.86. The molecule has 0 radical (unpaired) electrons. The highest BCUT2D eigenvalue weighted by molar-refractivity contribution is 7.19.